The number of nitrogens with one attached hydrogen (secondary N) is 1. The highest BCUT2D eigenvalue weighted by atomic mass is 35.5. The van der Waals surface area contributed by atoms with Crippen LogP contribution in [-0.4, -0.2) is 25.5 Å². The van der Waals surface area contributed by atoms with Gasteiger partial charge in [0.2, 0.25) is 0 Å². The second kappa shape index (κ2) is 6.58. The molecule has 6 heteroatoms. The van der Waals surface area contributed by atoms with Crippen LogP contribution in [0.3, 0.4) is 0 Å². The van der Waals surface area contributed by atoms with Crippen molar-refractivity contribution in [3.05, 3.63) is 70.9 Å². The summed E-state index contributed by atoms with van der Waals surface area (Å²) in [6, 6.07) is 12.4. The van der Waals surface area contributed by atoms with Crippen LogP contribution < -0.4 is 5.32 Å². The lowest BCUT2D eigenvalue weighted by Gasteiger charge is -2.13. The van der Waals surface area contributed by atoms with Crippen LogP contribution in [0.25, 0.3) is 16.5 Å². The number of benzene rings is 2. The van der Waals surface area contributed by atoms with Gasteiger partial charge in [-0.15, -0.1) is 0 Å². The number of fused-ring (bicyclic) bond motifs is 1. The zero-order valence-corrected chi connectivity index (χ0v) is 15.9. The largest absolute Gasteiger partial charge is 0.313 e. The predicted octanol–water partition coefficient (Wildman–Crippen LogP) is 4.22. The second-order valence-electron chi connectivity index (χ2n) is 6.51. The van der Waals surface area contributed by atoms with E-state index in [0.717, 1.165) is 41.6 Å². The number of aryl methyl sites for hydroxylation is 1. The Balaban J connectivity index is 1.98. The third-order valence-corrected chi connectivity index (χ3v) is 6.59. The number of nitrogens with zero attached hydrogens (tertiary/aromatic N) is 1. The average molecular weight is 387 g/mol. The van der Waals surface area contributed by atoms with Crippen LogP contribution in [0.5, 0.6) is 0 Å². The van der Waals surface area contributed by atoms with Crippen molar-refractivity contribution in [1.82, 2.24) is 9.29 Å². The van der Waals surface area contributed by atoms with E-state index in [-0.39, 0.29) is 4.90 Å². The smallest absolute Gasteiger partial charge is 0.268 e. The fourth-order valence-corrected chi connectivity index (χ4v) is 5.02. The van der Waals surface area contributed by atoms with E-state index in [1.807, 2.05) is 19.1 Å². The monoisotopic (exact) mass is 386 g/mol. The summed E-state index contributed by atoms with van der Waals surface area (Å²) in [5.74, 6) is 0. The first-order valence-electron chi connectivity index (χ1n) is 8.50. The Morgan fingerprint density at radius 2 is 2.00 bits per heavy atom. The number of halogens is 1. The van der Waals surface area contributed by atoms with Gasteiger partial charge in [-0.25, -0.2) is 12.4 Å². The molecule has 3 aromatic rings. The summed E-state index contributed by atoms with van der Waals surface area (Å²) < 4.78 is 28.0. The SMILES string of the molecule is Cc1cccc(S(=O)(=O)n2cc(C3=CCNCC3)c3ccc(Cl)cc32)c1. The van der Waals surface area contributed by atoms with Crippen molar-refractivity contribution in [3.63, 3.8) is 0 Å². The average Bonchev–Trinajstić information content (AvgIpc) is 3.02. The zero-order valence-electron chi connectivity index (χ0n) is 14.4. The molecule has 26 heavy (non-hydrogen) atoms. The lowest BCUT2D eigenvalue weighted by atomic mass is 10.00. The minimum atomic E-state index is -3.71. The molecule has 0 unspecified atom stereocenters. The summed E-state index contributed by atoms with van der Waals surface area (Å²) in [7, 11) is -3.71. The van der Waals surface area contributed by atoms with Crippen molar-refractivity contribution < 1.29 is 8.42 Å². The molecule has 0 spiro atoms. The lowest BCUT2D eigenvalue weighted by molar-refractivity contribution is 0.589. The minimum Gasteiger partial charge on any atom is -0.313 e. The molecule has 0 fully saturated rings. The molecule has 0 saturated carbocycles. The summed E-state index contributed by atoms with van der Waals surface area (Å²) in [4.78, 5) is 0.278. The number of hydrogen-bond donors (Lipinski definition) is 1. The van der Waals surface area contributed by atoms with Crippen LogP contribution in [0.1, 0.15) is 17.5 Å². The summed E-state index contributed by atoms with van der Waals surface area (Å²) in [6.45, 7) is 3.56. The molecule has 134 valence electrons. The van der Waals surface area contributed by atoms with Gasteiger partial charge in [-0.1, -0.05) is 35.9 Å². The molecule has 4 nitrogen and oxygen atoms in total. The van der Waals surface area contributed by atoms with Crippen molar-refractivity contribution in [1.29, 1.82) is 0 Å². The Labute approximate surface area is 158 Å². The molecule has 1 aliphatic heterocycles. The highest BCUT2D eigenvalue weighted by Gasteiger charge is 2.23. The van der Waals surface area contributed by atoms with Gasteiger partial charge in [0, 0.05) is 28.7 Å². The van der Waals surface area contributed by atoms with E-state index < -0.39 is 10.0 Å². The van der Waals surface area contributed by atoms with E-state index in [9.17, 15) is 8.42 Å². The molecule has 0 amide bonds. The third-order valence-electron chi connectivity index (χ3n) is 4.69. The quantitative estimate of drug-likeness (QED) is 0.733. The number of aromatic nitrogens is 1. The van der Waals surface area contributed by atoms with Crippen LogP contribution in [-0.2, 0) is 10.0 Å². The predicted molar refractivity (Wildman–Crippen MR) is 106 cm³/mol. The third kappa shape index (κ3) is 2.96. The van der Waals surface area contributed by atoms with Crippen molar-refractivity contribution >= 4 is 38.1 Å². The zero-order chi connectivity index (χ0) is 18.3. The Hall–Kier alpha value is -2.08. The van der Waals surface area contributed by atoms with Gasteiger partial charge >= 0.3 is 0 Å². The van der Waals surface area contributed by atoms with Crippen molar-refractivity contribution in [2.45, 2.75) is 18.2 Å². The first-order valence-corrected chi connectivity index (χ1v) is 10.3. The van der Waals surface area contributed by atoms with E-state index in [0.29, 0.717) is 10.5 Å². The van der Waals surface area contributed by atoms with Gasteiger partial charge in [0.15, 0.2) is 0 Å². The van der Waals surface area contributed by atoms with E-state index in [1.54, 1.807) is 36.5 Å². The van der Waals surface area contributed by atoms with Gasteiger partial charge in [0.05, 0.1) is 10.4 Å². The molecule has 4 rings (SSSR count). The number of rotatable bonds is 3. The summed E-state index contributed by atoms with van der Waals surface area (Å²) in [6.07, 6.45) is 4.72. The fraction of sp³-hybridized carbons (Fsp3) is 0.200. The van der Waals surface area contributed by atoms with Crippen LogP contribution >= 0.6 is 11.6 Å². The van der Waals surface area contributed by atoms with Crippen molar-refractivity contribution in [2.24, 2.45) is 0 Å². The molecule has 1 aliphatic rings. The Bertz CT molecular complexity index is 1130. The Morgan fingerprint density at radius 1 is 1.15 bits per heavy atom. The maximum Gasteiger partial charge on any atom is 0.268 e. The Morgan fingerprint density at radius 3 is 2.73 bits per heavy atom. The topological polar surface area (TPSA) is 51.1 Å². The van der Waals surface area contributed by atoms with E-state index >= 15 is 0 Å². The highest BCUT2D eigenvalue weighted by molar-refractivity contribution is 7.90. The molecule has 0 atom stereocenters. The van der Waals surface area contributed by atoms with Gasteiger partial charge in [-0.05, 0) is 55.3 Å². The van der Waals surface area contributed by atoms with Crippen LogP contribution in [0.4, 0.5) is 0 Å². The van der Waals surface area contributed by atoms with Gasteiger partial charge in [-0.2, -0.15) is 0 Å². The first kappa shape index (κ1) is 17.3. The molecular weight excluding hydrogens is 368 g/mol. The molecular formula is C20H19ClN2O2S. The minimum absolute atomic E-state index is 0.278. The molecule has 2 heterocycles. The van der Waals surface area contributed by atoms with Gasteiger partial charge in [0.1, 0.15) is 0 Å². The maximum atomic E-state index is 13.3. The van der Waals surface area contributed by atoms with Crippen LogP contribution in [0.2, 0.25) is 5.02 Å². The fourth-order valence-electron chi connectivity index (χ4n) is 3.38. The Kier molecular flexibility index (Phi) is 4.39. The van der Waals surface area contributed by atoms with Crippen molar-refractivity contribution in [3.8, 4) is 0 Å². The maximum absolute atomic E-state index is 13.3. The van der Waals surface area contributed by atoms with Gasteiger partial charge in [-0.3, -0.25) is 0 Å². The van der Waals surface area contributed by atoms with Crippen molar-refractivity contribution in [2.75, 3.05) is 13.1 Å². The second-order valence-corrected chi connectivity index (χ2v) is 8.76. The molecule has 0 radical (unpaired) electrons. The van der Waals surface area contributed by atoms with Crippen LogP contribution in [0, 0.1) is 6.92 Å². The molecule has 2 aromatic carbocycles. The molecule has 1 N–H and O–H groups in total. The summed E-state index contributed by atoms with van der Waals surface area (Å²) >= 11 is 6.17. The summed E-state index contributed by atoms with van der Waals surface area (Å²) in [5, 5.41) is 4.71. The molecule has 1 aromatic heterocycles. The molecule has 0 saturated heterocycles. The van der Waals surface area contributed by atoms with E-state index in [4.69, 9.17) is 11.6 Å². The summed E-state index contributed by atoms with van der Waals surface area (Å²) in [5.41, 5.74) is 3.62. The van der Waals surface area contributed by atoms with Gasteiger partial charge in [0.25, 0.3) is 10.0 Å². The first-order chi connectivity index (χ1) is 12.5. The van der Waals surface area contributed by atoms with Gasteiger partial charge < -0.3 is 5.32 Å². The normalized spacial score (nSPS) is 15.2. The lowest BCUT2D eigenvalue weighted by Crippen LogP contribution is -2.20. The van der Waals surface area contributed by atoms with E-state index in [1.165, 1.54) is 3.97 Å². The molecule has 0 aliphatic carbocycles. The van der Waals surface area contributed by atoms with E-state index in [2.05, 4.69) is 11.4 Å². The van der Waals surface area contributed by atoms with Crippen LogP contribution in [0.15, 0.2) is 59.6 Å². The molecule has 0 bridgehead atoms. The number of hydrogen-bond acceptors (Lipinski definition) is 3. The highest BCUT2D eigenvalue weighted by Crippen LogP contribution is 2.33. The standard InChI is InChI=1S/C20H19ClN2O2S/c1-14-3-2-4-17(11-14)26(24,25)23-13-19(15-7-9-22-10-8-15)18-6-5-16(21)12-20(18)23/h2-7,11-13,22H,8-10H2,1H3.